The molecule has 3 rings (SSSR count). The summed E-state index contributed by atoms with van der Waals surface area (Å²) in [6.45, 7) is 6.21. The Hall–Kier alpha value is -2.32. The number of nitrogens with two attached hydrogens (primary N) is 1. The lowest BCUT2D eigenvalue weighted by Crippen LogP contribution is -2.56. The maximum atomic E-state index is 13.4. The van der Waals surface area contributed by atoms with Gasteiger partial charge in [0.15, 0.2) is 0 Å². The molecule has 0 spiro atoms. The van der Waals surface area contributed by atoms with Gasteiger partial charge in [-0.2, -0.15) is 0 Å². The Bertz CT molecular complexity index is 1030. The number of benzene rings is 2. The van der Waals surface area contributed by atoms with E-state index in [0.717, 1.165) is 16.8 Å². The number of carbonyl (C=O) groups excluding carboxylic acids is 2. The summed E-state index contributed by atoms with van der Waals surface area (Å²) in [4.78, 5) is 29.4. The van der Waals surface area contributed by atoms with Crippen molar-refractivity contribution in [1.29, 1.82) is 0 Å². The van der Waals surface area contributed by atoms with E-state index in [0.29, 0.717) is 48.6 Å². The Morgan fingerprint density at radius 2 is 1.77 bits per heavy atom. The summed E-state index contributed by atoms with van der Waals surface area (Å²) >= 11 is 12.3. The molecule has 1 heterocycles. The number of nitrogens with zero attached hydrogens (tertiary/aromatic N) is 2. The molecule has 2 aromatic rings. The van der Waals surface area contributed by atoms with Crippen molar-refractivity contribution in [3.05, 3.63) is 63.6 Å². The molecule has 35 heavy (non-hydrogen) atoms. The summed E-state index contributed by atoms with van der Waals surface area (Å²) in [5.74, 6) is -0.201. The molecule has 0 aliphatic carbocycles. The molecular formula is C26H34Cl2N4O3. The van der Waals surface area contributed by atoms with Crippen LogP contribution < -0.4 is 16.0 Å². The van der Waals surface area contributed by atoms with E-state index in [1.807, 2.05) is 24.3 Å². The van der Waals surface area contributed by atoms with Gasteiger partial charge in [-0.25, -0.2) is 0 Å². The van der Waals surface area contributed by atoms with Crippen molar-refractivity contribution in [2.45, 2.75) is 38.8 Å². The van der Waals surface area contributed by atoms with Crippen molar-refractivity contribution in [3.8, 4) is 0 Å². The quantitative estimate of drug-likeness (QED) is 0.470. The summed E-state index contributed by atoms with van der Waals surface area (Å²) in [6, 6.07) is 12.2. The zero-order chi connectivity index (χ0) is 25.5. The van der Waals surface area contributed by atoms with E-state index in [1.54, 1.807) is 23.1 Å². The summed E-state index contributed by atoms with van der Waals surface area (Å²) < 4.78 is 0. The van der Waals surface area contributed by atoms with Gasteiger partial charge in [0.1, 0.15) is 6.04 Å². The van der Waals surface area contributed by atoms with Gasteiger partial charge < -0.3 is 26.0 Å². The number of carbonyl (C=O) groups is 2. The monoisotopic (exact) mass is 520 g/mol. The van der Waals surface area contributed by atoms with Crippen molar-refractivity contribution in [3.63, 3.8) is 0 Å². The van der Waals surface area contributed by atoms with Gasteiger partial charge in [0.2, 0.25) is 11.8 Å². The number of anilines is 1. The summed E-state index contributed by atoms with van der Waals surface area (Å²) in [5, 5.41) is 14.4. The third-order valence-corrected chi connectivity index (χ3v) is 6.77. The maximum absolute atomic E-state index is 13.4. The fraction of sp³-hybridized carbons (Fsp3) is 0.462. The van der Waals surface area contributed by atoms with Crippen LogP contribution in [0.5, 0.6) is 0 Å². The molecule has 0 aromatic heterocycles. The average Bonchev–Trinajstić information content (AvgIpc) is 2.84. The first-order valence-corrected chi connectivity index (χ1v) is 12.7. The van der Waals surface area contributed by atoms with Crippen LogP contribution in [0, 0.1) is 5.92 Å². The molecule has 1 aliphatic heterocycles. The smallest absolute Gasteiger partial charge is 0.245 e. The molecule has 0 saturated carbocycles. The van der Waals surface area contributed by atoms with E-state index in [-0.39, 0.29) is 18.9 Å². The van der Waals surface area contributed by atoms with Crippen LogP contribution in [0.3, 0.4) is 0 Å². The first-order chi connectivity index (χ1) is 16.7. The molecule has 4 N–H and O–H groups in total. The highest BCUT2D eigenvalue weighted by molar-refractivity contribution is 6.35. The molecule has 9 heteroatoms. The Morgan fingerprint density at radius 1 is 1.09 bits per heavy atom. The Labute approximate surface area is 217 Å². The number of nitrogens with one attached hydrogen (secondary N) is 1. The summed E-state index contributed by atoms with van der Waals surface area (Å²) in [6.07, 6.45) is 0.391. The zero-order valence-electron chi connectivity index (χ0n) is 20.2. The van der Waals surface area contributed by atoms with Crippen molar-refractivity contribution >= 4 is 40.7 Å². The van der Waals surface area contributed by atoms with Crippen LogP contribution in [0.2, 0.25) is 10.0 Å². The zero-order valence-corrected chi connectivity index (χ0v) is 21.7. The first kappa shape index (κ1) is 27.3. The normalized spacial score (nSPS) is 15.7. The molecule has 190 valence electrons. The molecule has 0 radical (unpaired) electrons. The van der Waals surface area contributed by atoms with Crippen LogP contribution in [-0.4, -0.2) is 60.6 Å². The largest absolute Gasteiger partial charge is 0.388 e. The van der Waals surface area contributed by atoms with Crippen LogP contribution in [-0.2, 0) is 16.0 Å². The number of para-hydroxylation sites is 1. The molecule has 1 aliphatic rings. The van der Waals surface area contributed by atoms with E-state index in [4.69, 9.17) is 28.9 Å². The van der Waals surface area contributed by atoms with Crippen LogP contribution >= 0.6 is 23.2 Å². The van der Waals surface area contributed by atoms with Gasteiger partial charge in [0.05, 0.1) is 12.6 Å². The molecule has 0 bridgehead atoms. The summed E-state index contributed by atoms with van der Waals surface area (Å²) in [5.41, 5.74) is 8.11. The molecule has 1 fully saturated rings. The molecule has 2 amide bonds. The molecule has 7 nitrogen and oxygen atoms in total. The van der Waals surface area contributed by atoms with Crippen LogP contribution in [0.1, 0.15) is 37.5 Å². The third-order valence-electron chi connectivity index (χ3n) is 6.18. The van der Waals surface area contributed by atoms with Crippen molar-refractivity contribution in [2.75, 3.05) is 37.6 Å². The number of rotatable bonds is 9. The second-order valence-corrected chi connectivity index (χ2v) is 10.1. The number of amides is 2. The Kier molecular flexibility index (Phi) is 9.80. The first-order valence-electron chi connectivity index (χ1n) is 11.9. The van der Waals surface area contributed by atoms with Gasteiger partial charge >= 0.3 is 0 Å². The molecule has 2 aromatic carbocycles. The Balaban J connectivity index is 1.71. The van der Waals surface area contributed by atoms with E-state index in [2.05, 4.69) is 24.1 Å². The lowest BCUT2D eigenvalue weighted by molar-refractivity contribution is -0.136. The highest BCUT2D eigenvalue weighted by Crippen LogP contribution is 2.31. The lowest BCUT2D eigenvalue weighted by Gasteiger charge is -2.39. The van der Waals surface area contributed by atoms with Crippen molar-refractivity contribution in [2.24, 2.45) is 11.7 Å². The minimum atomic E-state index is -0.781. The predicted molar refractivity (Wildman–Crippen MR) is 141 cm³/mol. The molecule has 1 saturated heterocycles. The van der Waals surface area contributed by atoms with Gasteiger partial charge in [0, 0.05) is 53.9 Å². The fourth-order valence-electron chi connectivity index (χ4n) is 4.38. The average molecular weight is 521 g/mol. The highest BCUT2D eigenvalue weighted by atomic mass is 35.5. The van der Waals surface area contributed by atoms with E-state index < -0.39 is 18.1 Å². The Morgan fingerprint density at radius 3 is 2.40 bits per heavy atom. The molecule has 0 unspecified atom stereocenters. The van der Waals surface area contributed by atoms with Crippen LogP contribution in [0.15, 0.2) is 42.5 Å². The minimum absolute atomic E-state index is 0.175. The minimum Gasteiger partial charge on any atom is -0.388 e. The van der Waals surface area contributed by atoms with Gasteiger partial charge in [-0.1, -0.05) is 61.3 Å². The van der Waals surface area contributed by atoms with Gasteiger partial charge in [-0.05, 0) is 36.1 Å². The fourth-order valence-corrected chi connectivity index (χ4v) is 4.87. The van der Waals surface area contributed by atoms with Gasteiger partial charge in [-0.3, -0.25) is 9.59 Å². The highest BCUT2D eigenvalue weighted by Gasteiger charge is 2.30. The van der Waals surface area contributed by atoms with Crippen LogP contribution in [0.4, 0.5) is 5.69 Å². The van der Waals surface area contributed by atoms with Crippen molar-refractivity contribution in [1.82, 2.24) is 10.2 Å². The number of aliphatic hydroxyl groups excluding tert-OH is 1. The standard InChI is InChI=1S/C26H34Cl2N4O3/c1-17(2)13-24(33)20-5-3-4-6-23(20)31-9-11-32(12-10-31)26(35)22(30-25(34)16-29)14-18-7-8-19(27)15-21(18)28/h3-8,15,17,22,24,33H,9-14,16,29H2,1-2H3,(H,30,34)/t22-,24+/m1/s1. The number of hydrogen-bond donors (Lipinski definition) is 3. The van der Waals surface area contributed by atoms with E-state index in [9.17, 15) is 14.7 Å². The SMILES string of the molecule is CC(C)C[C@H](O)c1ccccc1N1CCN(C(=O)[C@@H](Cc2ccc(Cl)cc2Cl)NC(=O)CN)CC1. The predicted octanol–water partition coefficient (Wildman–Crippen LogP) is 3.41. The van der Waals surface area contributed by atoms with Gasteiger partial charge in [-0.15, -0.1) is 0 Å². The number of aliphatic hydroxyl groups is 1. The van der Waals surface area contributed by atoms with E-state index in [1.165, 1.54) is 0 Å². The van der Waals surface area contributed by atoms with Crippen LogP contribution in [0.25, 0.3) is 0 Å². The second-order valence-electron chi connectivity index (χ2n) is 9.28. The maximum Gasteiger partial charge on any atom is 0.245 e. The molecule has 2 atom stereocenters. The second kappa shape index (κ2) is 12.6. The summed E-state index contributed by atoms with van der Waals surface area (Å²) in [7, 11) is 0. The van der Waals surface area contributed by atoms with Gasteiger partial charge in [0.25, 0.3) is 0 Å². The van der Waals surface area contributed by atoms with E-state index >= 15 is 0 Å². The van der Waals surface area contributed by atoms with Crippen molar-refractivity contribution < 1.29 is 14.7 Å². The lowest BCUT2D eigenvalue weighted by atomic mass is 9.97. The molecular weight excluding hydrogens is 487 g/mol. The number of hydrogen-bond acceptors (Lipinski definition) is 5. The number of halogens is 2. The third kappa shape index (κ3) is 7.34. The topological polar surface area (TPSA) is 98.9 Å². The number of piperazine rings is 1.